The highest BCUT2D eigenvalue weighted by molar-refractivity contribution is 8.04. The van der Waals surface area contributed by atoms with Gasteiger partial charge in [0.15, 0.2) is 0 Å². The molecule has 9 nitrogen and oxygen atoms in total. The number of rotatable bonds is 5. The van der Waals surface area contributed by atoms with Crippen molar-refractivity contribution in [3.05, 3.63) is 68.7 Å². The van der Waals surface area contributed by atoms with Gasteiger partial charge < -0.3 is 15.2 Å². The van der Waals surface area contributed by atoms with Crippen molar-refractivity contribution < 1.29 is 23.9 Å². The molecule has 2 atom stereocenters. The van der Waals surface area contributed by atoms with Crippen molar-refractivity contribution in [2.75, 3.05) is 13.7 Å². The van der Waals surface area contributed by atoms with E-state index in [-0.39, 0.29) is 34.6 Å². The molecular weight excluding hydrogens is 480 g/mol. The monoisotopic (exact) mass is 502 g/mol. The fourth-order valence-corrected chi connectivity index (χ4v) is 5.66. The molecule has 2 N–H and O–H groups in total. The van der Waals surface area contributed by atoms with Crippen LogP contribution in [0.15, 0.2) is 52.3 Å². The fraction of sp³-hybridized carbons (Fsp3) is 0.304. The number of fused-ring (bicyclic) bond motifs is 1. The summed E-state index contributed by atoms with van der Waals surface area (Å²) in [7, 11) is 1.23. The molecule has 178 valence electrons. The SMILES string of the molecule is CCOC(=O)C1=C(N)N2C(=O)C(C)SC2=C(C(=O)OC)C1c1c(C)nn(-c2ccccc2)c1Cl. The molecule has 0 spiro atoms. The van der Waals surface area contributed by atoms with Crippen LogP contribution in [-0.4, -0.2) is 51.5 Å². The Labute approximate surface area is 205 Å². The number of nitrogens with two attached hydrogens (primary N) is 1. The molecule has 1 aromatic heterocycles. The molecule has 1 fully saturated rings. The number of hydrogen-bond donors (Lipinski definition) is 1. The Kier molecular flexibility index (Phi) is 6.46. The average molecular weight is 503 g/mol. The van der Waals surface area contributed by atoms with Crippen LogP contribution in [0.1, 0.15) is 31.0 Å². The van der Waals surface area contributed by atoms with Gasteiger partial charge in [-0.25, -0.2) is 14.3 Å². The Morgan fingerprint density at radius 1 is 1.21 bits per heavy atom. The summed E-state index contributed by atoms with van der Waals surface area (Å²) in [5, 5.41) is 4.55. The fourth-order valence-electron chi connectivity index (χ4n) is 4.12. The van der Waals surface area contributed by atoms with Gasteiger partial charge in [-0.2, -0.15) is 5.10 Å². The number of carbonyl (C=O) groups is 3. The number of para-hydroxylation sites is 1. The molecule has 1 saturated heterocycles. The summed E-state index contributed by atoms with van der Waals surface area (Å²) >= 11 is 8.00. The van der Waals surface area contributed by atoms with E-state index in [0.717, 1.165) is 0 Å². The Morgan fingerprint density at radius 2 is 1.88 bits per heavy atom. The summed E-state index contributed by atoms with van der Waals surface area (Å²) < 4.78 is 11.9. The van der Waals surface area contributed by atoms with E-state index in [1.54, 1.807) is 20.8 Å². The van der Waals surface area contributed by atoms with E-state index in [0.29, 0.717) is 22.0 Å². The largest absolute Gasteiger partial charge is 0.466 e. The van der Waals surface area contributed by atoms with Gasteiger partial charge in [0.05, 0.1) is 52.4 Å². The quantitative estimate of drug-likeness (QED) is 0.620. The van der Waals surface area contributed by atoms with Crippen LogP contribution in [0.4, 0.5) is 0 Å². The van der Waals surface area contributed by atoms with Crippen molar-refractivity contribution >= 4 is 41.2 Å². The van der Waals surface area contributed by atoms with Crippen LogP contribution >= 0.6 is 23.4 Å². The smallest absolute Gasteiger partial charge is 0.338 e. The van der Waals surface area contributed by atoms with Gasteiger partial charge in [-0.05, 0) is 32.9 Å². The first-order valence-electron chi connectivity index (χ1n) is 10.5. The van der Waals surface area contributed by atoms with E-state index < -0.39 is 23.1 Å². The van der Waals surface area contributed by atoms with Crippen LogP contribution in [0.25, 0.3) is 5.69 Å². The maximum absolute atomic E-state index is 13.2. The first kappa shape index (κ1) is 23.9. The van der Waals surface area contributed by atoms with Crippen molar-refractivity contribution in [3.8, 4) is 5.69 Å². The van der Waals surface area contributed by atoms with E-state index in [9.17, 15) is 14.4 Å². The number of benzene rings is 1. The lowest BCUT2D eigenvalue weighted by Gasteiger charge is -2.32. The van der Waals surface area contributed by atoms with E-state index in [4.69, 9.17) is 26.8 Å². The Morgan fingerprint density at radius 3 is 2.50 bits per heavy atom. The minimum Gasteiger partial charge on any atom is -0.466 e. The zero-order valence-electron chi connectivity index (χ0n) is 19.0. The number of amides is 1. The predicted octanol–water partition coefficient (Wildman–Crippen LogP) is 3.01. The van der Waals surface area contributed by atoms with Crippen molar-refractivity contribution in [1.29, 1.82) is 0 Å². The number of ether oxygens (including phenoxy) is 2. The summed E-state index contributed by atoms with van der Waals surface area (Å²) in [4.78, 5) is 40.4. The second-order valence-electron chi connectivity index (χ2n) is 7.63. The molecule has 34 heavy (non-hydrogen) atoms. The summed E-state index contributed by atoms with van der Waals surface area (Å²) in [5.74, 6) is -2.96. The number of carbonyl (C=O) groups excluding carboxylic acids is 3. The van der Waals surface area contributed by atoms with Crippen LogP contribution < -0.4 is 5.73 Å². The molecule has 0 radical (unpaired) electrons. The van der Waals surface area contributed by atoms with Gasteiger partial charge in [0.25, 0.3) is 0 Å². The van der Waals surface area contributed by atoms with Gasteiger partial charge in [-0.15, -0.1) is 0 Å². The number of esters is 2. The van der Waals surface area contributed by atoms with E-state index in [1.165, 1.54) is 28.5 Å². The van der Waals surface area contributed by atoms with Crippen LogP contribution in [0.2, 0.25) is 5.15 Å². The van der Waals surface area contributed by atoms with Gasteiger partial charge in [-0.1, -0.05) is 41.6 Å². The number of halogens is 1. The maximum Gasteiger partial charge on any atom is 0.338 e. The van der Waals surface area contributed by atoms with Crippen LogP contribution in [-0.2, 0) is 23.9 Å². The Hall–Kier alpha value is -3.24. The molecule has 2 aliphatic rings. The van der Waals surface area contributed by atoms with Crippen LogP contribution in [0.3, 0.4) is 0 Å². The molecule has 1 amide bonds. The van der Waals surface area contributed by atoms with Gasteiger partial charge in [-0.3, -0.25) is 9.69 Å². The van der Waals surface area contributed by atoms with Crippen molar-refractivity contribution in [1.82, 2.24) is 14.7 Å². The molecule has 2 aromatic rings. The van der Waals surface area contributed by atoms with Crippen LogP contribution in [0, 0.1) is 6.92 Å². The number of aromatic nitrogens is 2. The summed E-state index contributed by atoms with van der Waals surface area (Å²) in [6.45, 7) is 5.15. The second-order valence-corrected chi connectivity index (χ2v) is 9.32. The molecule has 3 heterocycles. The molecule has 0 aliphatic carbocycles. The zero-order valence-corrected chi connectivity index (χ0v) is 20.6. The van der Waals surface area contributed by atoms with Gasteiger partial charge >= 0.3 is 11.9 Å². The second kappa shape index (κ2) is 9.19. The average Bonchev–Trinajstić information content (AvgIpc) is 3.28. The maximum atomic E-state index is 13.2. The van der Waals surface area contributed by atoms with Gasteiger partial charge in [0, 0.05) is 5.56 Å². The first-order valence-corrected chi connectivity index (χ1v) is 11.8. The topological polar surface area (TPSA) is 117 Å². The normalized spacial score (nSPS) is 20.0. The number of methoxy groups -OCH3 is 1. The van der Waals surface area contributed by atoms with Crippen molar-refractivity contribution in [2.24, 2.45) is 5.73 Å². The highest BCUT2D eigenvalue weighted by Gasteiger charge is 2.50. The molecule has 11 heteroatoms. The minimum atomic E-state index is -1.05. The van der Waals surface area contributed by atoms with E-state index >= 15 is 0 Å². The summed E-state index contributed by atoms with van der Waals surface area (Å²) in [5.41, 5.74) is 8.00. The van der Waals surface area contributed by atoms with Crippen LogP contribution in [0.5, 0.6) is 0 Å². The van der Waals surface area contributed by atoms with Gasteiger partial charge in [0.1, 0.15) is 11.0 Å². The lowest BCUT2D eigenvalue weighted by atomic mass is 9.82. The highest BCUT2D eigenvalue weighted by Crippen LogP contribution is 2.51. The summed E-state index contributed by atoms with van der Waals surface area (Å²) in [6, 6.07) is 9.20. The third-order valence-corrected chi connectivity index (χ3v) is 7.17. The zero-order chi connectivity index (χ0) is 24.7. The third kappa shape index (κ3) is 3.67. The lowest BCUT2D eigenvalue weighted by Crippen LogP contribution is -2.40. The van der Waals surface area contributed by atoms with E-state index in [1.807, 2.05) is 30.3 Å². The first-order chi connectivity index (χ1) is 16.2. The molecule has 0 saturated carbocycles. The molecule has 4 rings (SSSR count). The lowest BCUT2D eigenvalue weighted by molar-refractivity contribution is -0.139. The number of nitrogens with zero attached hydrogens (tertiary/aromatic N) is 3. The highest BCUT2D eigenvalue weighted by atomic mass is 35.5. The molecule has 0 bridgehead atoms. The third-order valence-electron chi connectivity index (χ3n) is 5.62. The standard InChI is InChI=1S/C23H23ClN4O5S/c1-5-33-23(31)16-15(14-11(2)26-28(18(14)24)13-9-7-6-8-10-13)17(22(30)32-4)21-27(19(16)25)20(29)12(3)34-21/h6-10,12,15H,5,25H2,1-4H3. The summed E-state index contributed by atoms with van der Waals surface area (Å²) in [6.07, 6.45) is 0. The Bertz CT molecular complexity index is 1250. The minimum absolute atomic E-state index is 0.0633. The predicted molar refractivity (Wildman–Crippen MR) is 127 cm³/mol. The van der Waals surface area contributed by atoms with Gasteiger partial charge in [0.2, 0.25) is 5.91 Å². The Balaban J connectivity index is 2.03. The molecular formula is C23H23ClN4O5S. The number of aryl methyl sites for hydroxylation is 1. The number of thioether (sulfide) groups is 1. The molecule has 2 unspecified atom stereocenters. The van der Waals surface area contributed by atoms with Crippen molar-refractivity contribution in [3.63, 3.8) is 0 Å². The van der Waals surface area contributed by atoms with E-state index in [2.05, 4.69) is 5.10 Å². The van der Waals surface area contributed by atoms with Crippen molar-refractivity contribution in [2.45, 2.75) is 31.9 Å². The molecule has 1 aromatic carbocycles. The number of hydrogen-bond acceptors (Lipinski definition) is 8. The molecule has 2 aliphatic heterocycles.